The zero-order valence-electron chi connectivity index (χ0n) is 15.0. The Balaban J connectivity index is 0.00000261. The van der Waals surface area contributed by atoms with Crippen molar-refractivity contribution in [2.75, 3.05) is 12.3 Å². The van der Waals surface area contributed by atoms with Crippen LogP contribution in [0.2, 0.25) is 0 Å². The van der Waals surface area contributed by atoms with E-state index >= 15 is 0 Å². The molecular formula is C17H21ClN6O3. The van der Waals surface area contributed by atoms with Gasteiger partial charge >= 0.3 is 5.69 Å². The molecule has 3 aromatic rings. The zero-order chi connectivity index (χ0) is 18.8. The number of nitrogens with two attached hydrogens (primary N) is 1. The number of amides is 1. The first kappa shape index (κ1) is 20.2. The lowest BCUT2D eigenvalue weighted by Gasteiger charge is -2.08. The van der Waals surface area contributed by atoms with Crippen LogP contribution in [0, 0.1) is 0 Å². The lowest BCUT2D eigenvalue weighted by molar-refractivity contribution is -0.121. The lowest BCUT2D eigenvalue weighted by Crippen LogP contribution is -2.38. The van der Waals surface area contributed by atoms with Gasteiger partial charge in [0.1, 0.15) is 6.54 Å². The van der Waals surface area contributed by atoms with Crippen LogP contribution in [-0.2, 0) is 31.9 Å². The summed E-state index contributed by atoms with van der Waals surface area (Å²) in [4.78, 5) is 40.5. The second-order valence-corrected chi connectivity index (χ2v) is 6.09. The number of halogens is 1. The highest BCUT2D eigenvalue weighted by molar-refractivity contribution is 5.85. The van der Waals surface area contributed by atoms with E-state index in [0.29, 0.717) is 18.7 Å². The van der Waals surface area contributed by atoms with Crippen LogP contribution in [0.25, 0.3) is 11.2 Å². The topological polar surface area (TPSA) is 117 Å². The molecule has 0 fully saturated rings. The van der Waals surface area contributed by atoms with Crippen molar-refractivity contribution in [1.29, 1.82) is 0 Å². The first-order valence-electron chi connectivity index (χ1n) is 8.10. The standard InChI is InChI=1S/C17H20N6O3.ClH/c1-21-15-14(16(25)22(2)17(21)26)23(10-20-15)9-13(24)19-8-7-11-3-5-12(18)6-4-11;/h3-6,10H,7-9,18H2,1-2H3,(H,19,24);1H. The first-order chi connectivity index (χ1) is 12.4. The van der Waals surface area contributed by atoms with Gasteiger partial charge in [-0.25, -0.2) is 9.78 Å². The highest BCUT2D eigenvalue weighted by Crippen LogP contribution is 2.06. The molecule has 3 rings (SSSR count). The number of hydrogen-bond donors (Lipinski definition) is 2. The van der Waals surface area contributed by atoms with Crippen LogP contribution >= 0.6 is 12.4 Å². The molecule has 0 radical (unpaired) electrons. The smallest absolute Gasteiger partial charge is 0.332 e. The van der Waals surface area contributed by atoms with Gasteiger partial charge in [0.05, 0.1) is 6.33 Å². The van der Waals surface area contributed by atoms with Gasteiger partial charge in [0, 0.05) is 26.3 Å². The summed E-state index contributed by atoms with van der Waals surface area (Å²) in [5.74, 6) is -0.240. The molecule has 2 aromatic heterocycles. The van der Waals surface area contributed by atoms with Gasteiger partial charge in [0.2, 0.25) is 5.91 Å². The SMILES string of the molecule is Cl.Cn1c(=O)c2c(ncn2CC(=O)NCCc2ccc(N)cc2)n(C)c1=O. The predicted octanol–water partition coefficient (Wildman–Crippen LogP) is -0.203. The molecule has 0 saturated heterocycles. The number of nitrogens with one attached hydrogen (secondary N) is 1. The normalized spacial score (nSPS) is 10.6. The van der Waals surface area contributed by atoms with Gasteiger partial charge in [-0.2, -0.15) is 0 Å². The van der Waals surface area contributed by atoms with Crippen LogP contribution < -0.4 is 22.3 Å². The lowest BCUT2D eigenvalue weighted by atomic mass is 10.1. The molecule has 0 saturated carbocycles. The van der Waals surface area contributed by atoms with E-state index in [-0.39, 0.29) is 36.0 Å². The maximum Gasteiger partial charge on any atom is 0.332 e. The quantitative estimate of drug-likeness (QED) is 0.583. The predicted molar refractivity (Wildman–Crippen MR) is 105 cm³/mol. The summed E-state index contributed by atoms with van der Waals surface area (Å²) in [5, 5.41) is 2.81. The number of hydrogen-bond acceptors (Lipinski definition) is 5. The Kier molecular flexibility index (Phi) is 6.06. The average molecular weight is 393 g/mol. The Hall–Kier alpha value is -3.07. The third-order valence-corrected chi connectivity index (χ3v) is 4.25. The second-order valence-electron chi connectivity index (χ2n) is 6.09. The number of nitrogen functional groups attached to an aromatic ring is 1. The highest BCUT2D eigenvalue weighted by Gasteiger charge is 2.15. The minimum absolute atomic E-state index is 0. The van der Waals surface area contributed by atoms with Crippen molar-refractivity contribution >= 4 is 35.2 Å². The van der Waals surface area contributed by atoms with Crippen molar-refractivity contribution in [3.05, 3.63) is 57.0 Å². The molecule has 144 valence electrons. The van der Waals surface area contributed by atoms with Gasteiger partial charge in [-0.1, -0.05) is 12.1 Å². The molecule has 2 heterocycles. The van der Waals surface area contributed by atoms with Crippen LogP contribution in [0.1, 0.15) is 5.56 Å². The summed E-state index contributed by atoms with van der Waals surface area (Å²) in [7, 11) is 2.93. The van der Waals surface area contributed by atoms with E-state index in [4.69, 9.17) is 5.73 Å². The van der Waals surface area contributed by atoms with Crippen LogP contribution in [0.15, 0.2) is 40.2 Å². The summed E-state index contributed by atoms with van der Waals surface area (Å²) in [5.41, 5.74) is 6.95. The maximum atomic E-state index is 12.3. The van der Waals surface area contributed by atoms with E-state index in [1.165, 1.54) is 29.6 Å². The number of aryl methyl sites for hydroxylation is 1. The van der Waals surface area contributed by atoms with Gasteiger partial charge < -0.3 is 15.6 Å². The van der Waals surface area contributed by atoms with E-state index in [2.05, 4.69) is 10.3 Å². The minimum atomic E-state index is -0.477. The van der Waals surface area contributed by atoms with Crippen LogP contribution in [-0.4, -0.2) is 31.1 Å². The van der Waals surface area contributed by atoms with E-state index in [1.807, 2.05) is 24.3 Å². The van der Waals surface area contributed by atoms with Gasteiger partial charge in [-0.05, 0) is 24.1 Å². The molecule has 0 bridgehead atoms. The molecule has 0 aliphatic heterocycles. The Morgan fingerprint density at radius 2 is 1.81 bits per heavy atom. The number of carbonyl (C=O) groups is 1. The number of benzene rings is 1. The summed E-state index contributed by atoms with van der Waals surface area (Å²) < 4.78 is 3.74. The summed E-state index contributed by atoms with van der Waals surface area (Å²) in [6.07, 6.45) is 2.07. The van der Waals surface area contributed by atoms with Gasteiger partial charge in [0.15, 0.2) is 11.2 Å². The van der Waals surface area contributed by atoms with Gasteiger partial charge in [-0.3, -0.25) is 18.7 Å². The summed E-state index contributed by atoms with van der Waals surface area (Å²) in [6, 6.07) is 7.45. The fourth-order valence-corrected chi connectivity index (χ4v) is 2.76. The molecule has 0 unspecified atom stereocenters. The molecule has 10 heteroatoms. The van der Waals surface area contributed by atoms with Crippen molar-refractivity contribution in [2.45, 2.75) is 13.0 Å². The third kappa shape index (κ3) is 4.03. The number of aromatic nitrogens is 4. The molecular weight excluding hydrogens is 372 g/mol. The van der Waals surface area contributed by atoms with Crippen molar-refractivity contribution in [3.63, 3.8) is 0 Å². The zero-order valence-corrected chi connectivity index (χ0v) is 15.8. The molecule has 1 aromatic carbocycles. The fourth-order valence-electron chi connectivity index (χ4n) is 2.76. The monoisotopic (exact) mass is 392 g/mol. The number of anilines is 1. The number of imidazole rings is 1. The molecule has 1 amide bonds. The Labute approximate surface area is 160 Å². The average Bonchev–Trinajstić information content (AvgIpc) is 3.03. The molecule has 0 atom stereocenters. The second kappa shape index (κ2) is 8.09. The number of nitrogens with zero attached hydrogens (tertiary/aromatic N) is 4. The molecule has 3 N–H and O–H groups in total. The molecule has 0 aliphatic carbocycles. The van der Waals surface area contributed by atoms with Crippen molar-refractivity contribution in [2.24, 2.45) is 14.1 Å². The summed E-state index contributed by atoms with van der Waals surface area (Å²) >= 11 is 0. The van der Waals surface area contributed by atoms with E-state index in [1.54, 1.807) is 0 Å². The molecule has 27 heavy (non-hydrogen) atoms. The van der Waals surface area contributed by atoms with E-state index in [9.17, 15) is 14.4 Å². The van der Waals surface area contributed by atoms with Gasteiger partial charge in [0.25, 0.3) is 5.56 Å². The maximum absolute atomic E-state index is 12.3. The first-order valence-corrected chi connectivity index (χ1v) is 8.10. The number of fused-ring (bicyclic) bond motifs is 1. The Morgan fingerprint density at radius 1 is 1.15 bits per heavy atom. The van der Waals surface area contributed by atoms with Crippen LogP contribution in [0.4, 0.5) is 5.69 Å². The number of rotatable bonds is 5. The van der Waals surface area contributed by atoms with Gasteiger partial charge in [-0.15, -0.1) is 12.4 Å². The van der Waals surface area contributed by atoms with E-state index < -0.39 is 11.2 Å². The summed E-state index contributed by atoms with van der Waals surface area (Å²) in [6.45, 7) is 0.414. The van der Waals surface area contributed by atoms with Crippen molar-refractivity contribution in [1.82, 2.24) is 24.0 Å². The van der Waals surface area contributed by atoms with E-state index in [0.717, 1.165) is 10.1 Å². The molecule has 0 spiro atoms. The van der Waals surface area contributed by atoms with Crippen LogP contribution in [0.3, 0.4) is 0 Å². The number of carbonyl (C=O) groups excluding carboxylic acids is 1. The largest absolute Gasteiger partial charge is 0.399 e. The van der Waals surface area contributed by atoms with Crippen LogP contribution in [0.5, 0.6) is 0 Å². The van der Waals surface area contributed by atoms with Crippen molar-refractivity contribution < 1.29 is 4.79 Å². The van der Waals surface area contributed by atoms with Crippen molar-refractivity contribution in [3.8, 4) is 0 Å². The Morgan fingerprint density at radius 3 is 2.48 bits per heavy atom. The molecule has 9 nitrogen and oxygen atoms in total. The Bertz CT molecular complexity index is 1080. The highest BCUT2D eigenvalue weighted by atomic mass is 35.5. The minimum Gasteiger partial charge on any atom is -0.399 e. The third-order valence-electron chi connectivity index (χ3n) is 4.25. The fraction of sp³-hybridized carbons (Fsp3) is 0.294. The molecule has 0 aliphatic rings.